The highest BCUT2D eigenvalue weighted by molar-refractivity contribution is 5.85. The second-order valence-corrected chi connectivity index (χ2v) is 6.52. The molecule has 0 fully saturated rings. The van der Waals surface area contributed by atoms with E-state index in [4.69, 9.17) is 4.74 Å². The van der Waals surface area contributed by atoms with Gasteiger partial charge in [-0.2, -0.15) is 0 Å². The Labute approximate surface area is 135 Å². The predicted octanol–water partition coefficient (Wildman–Crippen LogP) is 2.08. The molecule has 1 amide bonds. The summed E-state index contributed by atoms with van der Waals surface area (Å²) in [5.41, 5.74) is 1.02. The van der Waals surface area contributed by atoms with Crippen LogP contribution in [0.2, 0.25) is 0 Å². The number of aromatic nitrogens is 2. The standard InChI is InChI=1S/C18H21N3O2/c1-20(10-13-6-7-17-19-8-9-21(17)11-13)18(22)15-12-23-16-5-3-2-4-14(15)16/h2-5,8-9,13,15H,6-7,10-12H2,1H3. The van der Waals surface area contributed by atoms with Crippen LogP contribution in [0.15, 0.2) is 36.7 Å². The van der Waals surface area contributed by atoms with Gasteiger partial charge in [0.2, 0.25) is 5.91 Å². The molecule has 23 heavy (non-hydrogen) atoms. The van der Waals surface area contributed by atoms with Crippen LogP contribution >= 0.6 is 0 Å². The summed E-state index contributed by atoms with van der Waals surface area (Å²) in [6.07, 6.45) is 5.98. The number of carbonyl (C=O) groups is 1. The van der Waals surface area contributed by atoms with Crippen molar-refractivity contribution in [3.63, 3.8) is 0 Å². The Hall–Kier alpha value is -2.30. The van der Waals surface area contributed by atoms with Gasteiger partial charge in [0, 0.05) is 44.5 Å². The summed E-state index contributed by atoms with van der Waals surface area (Å²) in [5, 5.41) is 0. The van der Waals surface area contributed by atoms with Crippen LogP contribution in [0.5, 0.6) is 5.75 Å². The third-order valence-corrected chi connectivity index (χ3v) is 4.94. The minimum atomic E-state index is -0.163. The zero-order chi connectivity index (χ0) is 15.8. The van der Waals surface area contributed by atoms with Gasteiger partial charge in [-0.1, -0.05) is 18.2 Å². The average Bonchev–Trinajstić information content (AvgIpc) is 3.20. The number of benzene rings is 1. The lowest BCUT2D eigenvalue weighted by Crippen LogP contribution is -2.38. The zero-order valence-corrected chi connectivity index (χ0v) is 13.3. The van der Waals surface area contributed by atoms with Crippen LogP contribution in [-0.2, 0) is 17.8 Å². The number of amides is 1. The van der Waals surface area contributed by atoms with Crippen molar-refractivity contribution < 1.29 is 9.53 Å². The molecule has 2 aromatic rings. The Kier molecular flexibility index (Phi) is 3.56. The van der Waals surface area contributed by atoms with Gasteiger partial charge < -0.3 is 14.2 Å². The van der Waals surface area contributed by atoms with E-state index in [1.165, 1.54) is 0 Å². The number of nitrogens with zero attached hydrogens (tertiary/aromatic N) is 3. The van der Waals surface area contributed by atoms with Crippen LogP contribution in [0.1, 0.15) is 23.7 Å². The number of hydrogen-bond donors (Lipinski definition) is 0. The Balaban J connectivity index is 1.42. The van der Waals surface area contributed by atoms with Gasteiger partial charge >= 0.3 is 0 Å². The van der Waals surface area contributed by atoms with Crippen LogP contribution in [0.25, 0.3) is 0 Å². The molecule has 0 spiro atoms. The molecule has 120 valence electrons. The highest BCUT2D eigenvalue weighted by Gasteiger charge is 2.33. The smallest absolute Gasteiger partial charge is 0.233 e. The topological polar surface area (TPSA) is 47.4 Å². The summed E-state index contributed by atoms with van der Waals surface area (Å²) in [7, 11) is 1.91. The number of para-hydroxylation sites is 1. The Morgan fingerprint density at radius 2 is 2.30 bits per heavy atom. The fourth-order valence-corrected chi connectivity index (χ4v) is 3.70. The van der Waals surface area contributed by atoms with Gasteiger partial charge in [0.25, 0.3) is 0 Å². The van der Waals surface area contributed by atoms with Crippen molar-refractivity contribution in [3.05, 3.63) is 48.0 Å². The molecule has 0 saturated carbocycles. The Morgan fingerprint density at radius 3 is 3.22 bits per heavy atom. The molecular weight excluding hydrogens is 290 g/mol. The first-order chi connectivity index (χ1) is 11.2. The van der Waals surface area contributed by atoms with E-state index in [2.05, 4.69) is 9.55 Å². The number of aryl methyl sites for hydroxylation is 1. The summed E-state index contributed by atoms with van der Waals surface area (Å²) >= 11 is 0. The van der Waals surface area contributed by atoms with Gasteiger partial charge in [-0.25, -0.2) is 4.98 Å². The first-order valence-corrected chi connectivity index (χ1v) is 8.19. The minimum absolute atomic E-state index is 0.159. The molecule has 0 N–H and O–H groups in total. The minimum Gasteiger partial charge on any atom is -0.492 e. The van der Waals surface area contributed by atoms with Crippen LogP contribution in [-0.4, -0.2) is 40.6 Å². The fraction of sp³-hybridized carbons (Fsp3) is 0.444. The molecule has 5 nitrogen and oxygen atoms in total. The van der Waals surface area contributed by atoms with Crippen molar-refractivity contribution in [3.8, 4) is 5.75 Å². The highest BCUT2D eigenvalue weighted by Crippen LogP contribution is 2.34. The van der Waals surface area contributed by atoms with Gasteiger partial charge in [0.1, 0.15) is 24.1 Å². The maximum Gasteiger partial charge on any atom is 0.233 e. The molecule has 0 saturated heterocycles. The number of hydrogen-bond acceptors (Lipinski definition) is 3. The first kappa shape index (κ1) is 14.3. The van der Waals surface area contributed by atoms with E-state index in [0.29, 0.717) is 12.5 Å². The van der Waals surface area contributed by atoms with Crippen molar-refractivity contribution in [2.24, 2.45) is 5.92 Å². The number of imidazole rings is 1. The molecule has 0 radical (unpaired) electrons. The molecule has 1 aromatic heterocycles. The molecule has 2 unspecified atom stereocenters. The average molecular weight is 311 g/mol. The second kappa shape index (κ2) is 5.72. The van der Waals surface area contributed by atoms with Crippen LogP contribution in [0, 0.1) is 5.92 Å². The van der Waals surface area contributed by atoms with Crippen molar-refractivity contribution in [2.75, 3.05) is 20.2 Å². The van der Waals surface area contributed by atoms with E-state index in [-0.39, 0.29) is 11.8 Å². The third kappa shape index (κ3) is 2.60. The van der Waals surface area contributed by atoms with Crippen molar-refractivity contribution in [1.82, 2.24) is 14.5 Å². The van der Waals surface area contributed by atoms with E-state index in [1.807, 2.05) is 48.6 Å². The molecule has 3 heterocycles. The van der Waals surface area contributed by atoms with Gasteiger partial charge in [-0.05, 0) is 18.4 Å². The molecule has 0 bridgehead atoms. The number of carbonyl (C=O) groups excluding carboxylic acids is 1. The van der Waals surface area contributed by atoms with Gasteiger partial charge in [-0.15, -0.1) is 0 Å². The van der Waals surface area contributed by atoms with E-state index in [0.717, 1.165) is 43.1 Å². The van der Waals surface area contributed by atoms with Crippen LogP contribution < -0.4 is 4.74 Å². The maximum absolute atomic E-state index is 12.8. The maximum atomic E-state index is 12.8. The normalized spacial score (nSPS) is 22.1. The molecule has 1 aromatic carbocycles. The molecule has 0 aliphatic carbocycles. The zero-order valence-electron chi connectivity index (χ0n) is 13.3. The summed E-state index contributed by atoms with van der Waals surface area (Å²) in [6, 6.07) is 7.84. The lowest BCUT2D eigenvalue weighted by Gasteiger charge is -2.29. The monoisotopic (exact) mass is 311 g/mol. The van der Waals surface area contributed by atoms with Crippen molar-refractivity contribution in [1.29, 1.82) is 0 Å². The van der Waals surface area contributed by atoms with E-state index < -0.39 is 0 Å². The lowest BCUT2D eigenvalue weighted by molar-refractivity contribution is -0.132. The Morgan fingerprint density at radius 1 is 1.43 bits per heavy atom. The third-order valence-electron chi connectivity index (χ3n) is 4.94. The SMILES string of the molecule is CN(CC1CCc2nccn2C1)C(=O)C1COc2ccccc21. The van der Waals surface area contributed by atoms with Crippen molar-refractivity contribution in [2.45, 2.75) is 25.3 Å². The summed E-state index contributed by atoms with van der Waals surface area (Å²) < 4.78 is 7.86. The number of ether oxygens (including phenoxy) is 1. The Bertz CT molecular complexity index is 725. The van der Waals surface area contributed by atoms with Crippen molar-refractivity contribution >= 4 is 5.91 Å². The van der Waals surface area contributed by atoms with Gasteiger partial charge in [0.05, 0.1) is 0 Å². The molecule has 5 heteroatoms. The van der Waals surface area contributed by atoms with E-state index >= 15 is 0 Å². The molecular formula is C18H21N3O2. The van der Waals surface area contributed by atoms with E-state index in [9.17, 15) is 4.79 Å². The van der Waals surface area contributed by atoms with Gasteiger partial charge in [0.15, 0.2) is 0 Å². The molecule has 2 aliphatic heterocycles. The van der Waals surface area contributed by atoms with E-state index in [1.54, 1.807) is 0 Å². The number of fused-ring (bicyclic) bond motifs is 2. The van der Waals surface area contributed by atoms with Crippen LogP contribution in [0.3, 0.4) is 0 Å². The number of rotatable bonds is 3. The van der Waals surface area contributed by atoms with Crippen LogP contribution in [0.4, 0.5) is 0 Å². The first-order valence-electron chi connectivity index (χ1n) is 8.19. The number of likely N-dealkylation sites (N-methyl/N-ethyl adjacent to an activating group) is 1. The fourth-order valence-electron chi connectivity index (χ4n) is 3.70. The molecule has 2 atom stereocenters. The summed E-state index contributed by atoms with van der Waals surface area (Å²) in [6.45, 7) is 2.19. The highest BCUT2D eigenvalue weighted by atomic mass is 16.5. The predicted molar refractivity (Wildman–Crippen MR) is 86.4 cm³/mol. The quantitative estimate of drug-likeness (QED) is 0.872. The molecule has 4 rings (SSSR count). The van der Waals surface area contributed by atoms with Gasteiger partial charge in [-0.3, -0.25) is 4.79 Å². The lowest BCUT2D eigenvalue weighted by atomic mass is 9.96. The largest absolute Gasteiger partial charge is 0.492 e. The second-order valence-electron chi connectivity index (χ2n) is 6.52. The summed E-state index contributed by atoms with van der Waals surface area (Å²) in [4.78, 5) is 19.0. The summed E-state index contributed by atoms with van der Waals surface area (Å²) in [5.74, 6) is 2.49. The molecule has 2 aliphatic rings.